The van der Waals surface area contributed by atoms with Gasteiger partial charge in [-0.05, 0) is 53.1 Å². The van der Waals surface area contributed by atoms with Crippen LogP contribution in [0.2, 0.25) is 5.02 Å². The van der Waals surface area contributed by atoms with E-state index in [2.05, 4.69) is 0 Å². The zero-order valence-electron chi connectivity index (χ0n) is 23.3. The van der Waals surface area contributed by atoms with Gasteiger partial charge in [0.1, 0.15) is 0 Å². The number of nitrogens with zero attached hydrogens (tertiary/aromatic N) is 2. The van der Waals surface area contributed by atoms with E-state index in [1.807, 2.05) is 0 Å². The minimum atomic E-state index is -3.07. The lowest BCUT2D eigenvalue weighted by atomic mass is 9.99. The highest BCUT2D eigenvalue weighted by atomic mass is 35.5. The van der Waals surface area contributed by atoms with Gasteiger partial charge in [0.2, 0.25) is 0 Å². The number of hydrogen-bond acceptors (Lipinski definition) is 3. The lowest BCUT2D eigenvalue weighted by Crippen LogP contribution is -2.46. The average molecular weight is 415 g/mol. The number of carbonyl (C=O) groups is 1. The summed E-state index contributed by atoms with van der Waals surface area (Å²) >= 11 is 6.00. The van der Waals surface area contributed by atoms with Crippen LogP contribution in [0.25, 0.3) is 11.1 Å². The van der Waals surface area contributed by atoms with Crippen molar-refractivity contribution < 1.29 is 20.9 Å². The third-order valence-electron chi connectivity index (χ3n) is 4.47. The predicted octanol–water partition coefficient (Wildman–Crippen LogP) is 5.03. The number of hydrogen-bond donors (Lipinski definition) is 1. The smallest absolute Gasteiger partial charge is 0.335 e. The van der Waals surface area contributed by atoms with E-state index in [0.717, 1.165) is 29.8 Å². The van der Waals surface area contributed by atoms with E-state index in [1.165, 1.54) is 0 Å². The van der Waals surface area contributed by atoms with Gasteiger partial charge in [0.25, 0.3) is 0 Å². The van der Waals surface area contributed by atoms with Gasteiger partial charge in [-0.1, -0.05) is 48.0 Å². The molecule has 1 aliphatic heterocycles. The van der Waals surface area contributed by atoms with Crippen molar-refractivity contribution in [3.8, 4) is 11.1 Å². The molecule has 3 aromatic carbocycles. The maximum Gasteiger partial charge on any atom is 0.335 e. The Morgan fingerprint density at radius 3 is 2.24 bits per heavy atom. The molecule has 0 aliphatic carbocycles. The van der Waals surface area contributed by atoms with Crippen molar-refractivity contribution in [2.45, 2.75) is 6.54 Å². The first kappa shape index (κ1) is 12.0. The topological polar surface area (TPSA) is 43.8 Å². The molecule has 0 saturated carbocycles. The first-order valence-corrected chi connectivity index (χ1v) is 9.25. The molecule has 5 heteroatoms. The Kier molecular flexibility index (Phi) is 3.59. The van der Waals surface area contributed by atoms with Crippen LogP contribution in [0.5, 0.6) is 0 Å². The van der Waals surface area contributed by atoms with E-state index in [9.17, 15) is 4.79 Å². The molecule has 148 valence electrons. The second kappa shape index (κ2) is 8.68. The lowest BCUT2D eigenvalue weighted by molar-refractivity contribution is 0.0697. The zero-order valence-corrected chi connectivity index (χ0v) is 16.0. The van der Waals surface area contributed by atoms with E-state index < -0.39 is 38.5 Å². The normalized spacial score (nSPS) is 25.8. The molecule has 0 spiro atoms. The standard InChI is InChI=1S/C24H23ClN2O2/c25-21-9-5-18(6-10-21)23-4-2-1-3-20(23)17-26-13-15-27(16-14-26)22-11-7-19(8-12-22)24(28)29/h1-12H,13-17H2,(H,28,29)/i13D2,14D2,15D2,16D2. The number of piperazine rings is 1. The average Bonchev–Trinajstić information content (AvgIpc) is 2.82. The number of carboxylic acids is 1. The number of halogens is 1. The summed E-state index contributed by atoms with van der Waals surface area (Å²) in [4.78, 5) is 12.2. The summed E-state index contributed by atoms with van der Waals surface area (Å²) in [5, 5.41) is 9.67. The fourth-order valence-electron chi connectivity index (χ4n) is 2.98. The quantitative estimate of drug-likeness (QED) is 0.636. The molecule has 4 rings (SSSR count). The summed E-state index contributed by atoms with van der Waals surface area (Å²) in [7, 11) is 0. The molecule has 0 aromatic heterocycles. The van der Waals surface area contributed by atoms with E-state index in [1.54, 1.807) is 48.5 Å². The van der Waals surface area contributed by atoms with Crippen LogP contribution in [0.4, 0.5) is 5.69 Å². The Labute approximate surface area is 187 Å². The van der Waals surface area contributed by atoms with Gasteiger partial charge in [0.15, 0.2) is 0 Å². The van der Waals surface area contributed by atoms with E-state index >= 15 is 0 Å². The Morgan fingerprint density at radius 2 is 1.59 bits per heavy atom. The molecule has 1 saturated heterocycles. The minimum absolute atomic E-state index is 0.131. The third kappa shape index (κ3) is 4.61. The molecule has 0 radical (unpaired) electrons. The molecule has 1 aliphatic rings. The third-order valence-corrected chi connectivity index (χ3v) is 4.72. The maximum atomic E-state index is 11.2. The van der Waals surface area contributed by atoms with E-state index in [-0.39, 0.29) is 11.3 Å². The molecule has 1 heterocycles. The molecular formula is C24H23ClN2O2. The summed E-state index contributed by atoms with van der Waals surface area (Å²) in [6.45, 7) is -12.6. The molecule has 0 bridgehead atoms. The predicted molar refractivity (Wildman–Crippen MR) is 118 cm³/mol. The molecule has 1 fully saturated rings. The van der Waals surface area contributed by atoms with Crippen LogP contribution in [0.15, 0.2) is 72.8 Å². The van der Waals surface area contributed by atoms with Gasteiger partial charge in [-0.2, -0.15) is 0 Å². The number of aromatic carboxylic acids is 1. The van der Waals surface area contributed by atoms with Gasteiger partial charge < -0.3 is 10.0 Å². The number of benzene rings is 3. The molecular weight excluding hydrogens is 384 g/mol. The van der Waals surface area contributed by atoms with Crippen LogP contribution >= 0.6 is 11.6 Å². The summed E-state index contributed by atoms with van der Waals surface area (Å²) in [5.74, 6) is -1.24. The van der Waals surface area contributed by atoms with Crippen molar-refractivity contribution in [3.05, 3.63) is 88.9 Å². The van der Waals surface area contributed by atoms with Crippen molar-refractivity contribution in [1.82, 2.24) is 4.90 Å². The highest BCUT2D eigenvalue weighted by molar-refractivity contribution is 6.30. The van der Waals surface area contributed by atoms with Gasteiger partial charge in [-0.15, -0.1) is 0 Å². The van der Waals surface area contributed by atoms with Crippen LogP contribution in [0, 0.1) is 0 Å². The van der Waals surface area contributed by atoms with Crippen molar-refractivity contribution in [2.75, 3.05) is 30.9 Å². The van der Waals surface area contributed by atoms with E-state index in [0.29, 0.717) is 25.9 Å². The van der Waals surface area contributed by atoms with Gasteiger partial charge in [-0.3, -0.25) is 4.90 Å². The molecule has 1 N–H and O–H groups in total. The largest absolute Gasteiger partial charge is 0.478 e. The zero-order chi connectivity index (χ0) is 27.4. The van der Waals surface area contributed by atoms with Crippen LogP contribution in [0.3, 0.4) is 0 Å². The number of rotatable bonds is 5. The minimum Gasteiger partial charge on any atom is -0.478 e. The van der Waals surface area contributed by atoms with Crippen molar-refractivity contribution in [2.24, 2.45) is 0 Å². The highest BCUT2D eigenvalue weighted by Crippen LogP contribution is 2.27. The Balaban J connectivity index is 1.81. The van der Waals surface area contributed by atoms with Crippen molar-refractivity contribution in [3.63, 3.8) is 0 Å². The Hall–Kier alpha value is -2.82. The maximum absolute atomic E-state index is 11.2. The fourth-order valence-corrected chi connectivity index (χ4v) is 3.10. The van der Waals surface area contributed by atoms with Gasteiger partial charge in [0, 0.05) is 48.7 Å². The first-order valence-electron chi connectivity index (χ1n) is 12.9. The lowest BCUT2D eigenvalue weighted by Gasteiger charge is -2.36. The highest BCUT2D eigenvalue weighted by Gasteiger charge is 2.18. The second-order valence-corrected chi connectivity index (χ2v) is 6.82. The van der Waals surface area contributed by atoms with Crippen LogP contribution in [-0.2, 0) is 6.54 Å². The van der Waals surface area contributed by atoms with Crippen molar-refractivity contribution >= 4 is 23.3 Å². The van der Waals surface area contributed by atoms with Gasteiger partial charge in [0.05, 0.1) is 11.0 Å². The number of anilines is 1. The summed E-state index contributed by atoms with van der Waals surface area (Å²) < 4.78 is 69.6. The van der Waals surface area contributed by atoms with Crippen LogP contribution < -0.4 is 4.90 Å². The molecule has 0 unspecified atom stereocenters. The first-order chi connectivity index (χ1) is 17.1. The Bertz CT molecular complexity index is 1290. The van der Waals surface area contributed by atoms with Gasteiger partial charge in [-0.25, -0.2) is 4.79 Å². The molecule has 3 aromatic rings. The van der Waals surface area contributed by atoms with Gasteiger partial charge >= 0.3 is 5.97 Å². The molecule has 0 amide bonds. The monoisotopic (exact) mass is 414 g/mol. The van der Waals surface area contributed by atoms with Crippen molar-refractivity contribution in [1.29, 1.82) is 0 Å². The molecule has 0 atom stereocenters. The summed E-state index contributed by atoms with van der Waals surface area (Å²) in [6.07, 6.45) is 0. The Morgan fingerprint density at radius 1 is 0.931 bits per heavy atom. The summed E-state index contributed by atoms with van der Waals surface area (Å²) in [5.41, 5.74) is 1.49. The second-order valence-electron chi connectivity index (χ2n) is 6.38. The molecule has 29 heavy (non-hydrogen) atoms. The van der Waals surface area contributed by atoms with Crippen LogP contribution in [-0.4, -0.2) is 42.0 Å². The van der Waals surface area contributed by atoms with Crippen LogP contribution in [0.1, 0.15) is 26.9 Å². The molecule has 4 nitrogen and oxygen atoms in total. The van der Waals surface area contributed by atoms with E-state index in [4.69, 9.17) is 27.7 Å². The number of carboxylic acid groups (broad SMARTS) is 1. The summed E-state index contributed by atoms with van der Waals surface area (Å²) in [6, 6.07) is 18.2. The fraction of sp³-hybridized carbons (Fsp3) is 0.208. The SMILES string of the molecule is [2H]C1([2H])N(Cc2ccccc2-c2ccc(Cl)cc2)C([2H])([2H])C([2H])([2H])N(c2ccc(C(=O)O)cc2)C1([2H])[2H].